The summed E-state index contributed by atoms with van der Waals surface area (Å²) in [6, 6.07) is 7.23. The fourth-order valence-corrected chi connectivity index (χ4v) is 3.35. The van der Waals surface area contributed by atoms with Crippen molar-refractivity contribution < 1.29 is 9.21 Å². The van der Waals surface area contributed by atoms with Gasteiger partial charge in [0.25, 0.3) is 5.91 Å². The van der Waals surface area contributed by atoms with Gasteiger partial charge in [-0.15, -0.1) is 0 Å². The summed E-state index contributed by atoms with van der Waals surface area (Å²) < 4.78 is 7.43. The minimum Gasteiger partial charge on any atom is -0.466 e. The zero-order valence-electron chi connectivity index (χ0n) is 13.1. The van der Waals surface area contributed by atoms with E-state index in [0.717, 1.165) is 11.5 Å². The molecular weight excluding hydrogens is 328 g/mol. The van der Waals surface area contributed by atoms with Crippen molar-refractivity contribution in [1.82, 2.24) is 14.3 Å². The molecule has 0 aromatic carbocycles. The van der Waals surface area contributed by atoms with E-state index < -0.39 is 0 Å². The second-order valence-electron chi connectivity index (χ2n) is 6.17. The number of furan rings is 1. The van der Waals surface area contributed by atoms with Gasteiger partial charge >= 0.3 is 0 Å². The number of fused-ring (bicyclic) bond motifs is 1. The van der Waals surface area contributed by atoms with Crippen molar-refractivity contribution in [2.24, 2.45) is 5.73 Å². The number of hydrogen-bond donors (Lipinski definition) is 1. The molecule has 0 bridgehead atoms. The quantitative estimate of drug-likeness (QED) is 0.774. The van der Waals surface area contributed by atoms with Crippen molar-refractivity contribution >= 4 is 23.2 Å². The Morgan fingerprint density at radius 1 is 1.29 bits per heavy atom. The van der Waals surface area contributed by atoms with Crippen LogP contribution in [0.2, 0.25) is 5.02 Å². The van der Waals surface area contributed by atoms with E-state index in [1.54, 1.807) is 33.8 Å². The van der Waals surface area contributed by atoms with E-state index in [2.05, 4.69) is 4.98 Å². The number of nitrogens with zero attached hydrogens (tertiary/aromatic N) is 3. The molecule has 1 aliphatic rings. The van der Waals surface area contributed by atoms with Crippen molar-refractivity contribution in [3.8, 4) is 0 Å². The third-order valence-electron chi connectivity index (χ3n) is 4.41. The lowest BCUT2D eigenvalue weighted by atomic mass is 10.0. The number of pyridine rings is 1. The molecule has 7 heteroatoms. The molecule has 0 unspecified atom stereocenters. The van der Waals surface area contributed by atoms with Crippen LogP contribution in [0.3, 0.4) is 0 Å². The van der Waals surface area contributed by atoms with Crippen LogP contribution in [0.15, 0.2) is 41.1 Å². The van der Waals surface area contributed by atoms with Gasteiger partial charge in [-0.1, -0.05) is 11.6 Å². The fraction of sp³-hybridized carbons (Fsp3) is 0.294. The van der Waals surface area contributed by atoms with Crippen molar-refractivity contribution in [1.29, 1.82) is 0 Å². The Morgan fingerprint density at radius 2 is 2.12 bits per heavy atom. The van der Waals surface area contributed by atoms with Gasteiger partial charge in [-0.25, -0.2) is 4.98 Å². The molecule has 124 valence electrons. The van der Waals surface area contributed by atoms with Gasteiger partial charge in [0.2, 0.25) is 0 Å². The van der Waals surface area contributed by atoms with E-state index in [1.807, 2.05) is 19.1 Å². The number of nitrogens with two attached hydrogens (primary N) is 1. The van der Waals surface area contributed by atoms with E-state index in [4.69, 9.17) is 21.8 Å². The highest BCUT2D eigenvalue weighted by Crippen LogP contribution is 2.28. The minimum absolute atomic E-state index is 0.00845. The lowest BCUT2D eigenvalue weighted by molar-refractivity contribution is 0.0783. The summed E-state index contributed by atoms with van der Waals surface area (Å²) in [6.07, 6.45) is 3.42. The molecule has 0 radical (unpaired) electrons. The molecule has 0 spiro atoms. The van der Waals surface area contributed by atoms with Crippen molar-refractivity contribution in [3.63, 3.8) is 0 Å². The topological polar surface area (TPSA) is 76.8 Å². The first-order valence-electron chi connectivity index (χ1n) is 7.77. The molecule has 3 aromatic rings. The summed E-state index contributed by atoms with van der Waals surface area (Å²) in [6.45, 7) is 2.91. The zero-order valence-corrected chi connectivity index (χ0v) is 13.9. The van der Waals surface area contributed by atoms with Crippen LogP contribution < -0.4 is 5.73 Å². The predicted molar refractivity (Wildman–Crippen MR) is 90.3 cm³/mol. The molecule has 4 heterocycles. The molecule has 1 fully saturated rings. The third-order valence-corrected chi connectivity index (χ3v) is 4.64. The third kappa shape index (κ3) is 2.57. The van der Waals surface area contributed by atoms with Crippen LogP contribution in [-0.2, 0) is 0 Å². The van der Waals surface area contributed by atoms with Gasteiger partial charge in [0.05, 0.1) is 10.9 Å². The molecular formula is C17H17ClN4O2. The van der Waals surface area contributed by atoms with Gasteiger partial charge in [-0.05, 0) is 31.2 Å². The Morgan fingerprint density at radius 3 is 2.88 bits per heavy atom. The monoisotopic (exact) mass is 344 g/mol. The molecule has 1 amide bonds. The number of carbonyl (C=O) groups excluding carboxylic acids is 1. The Bertz CT molecular complexity index is 916. The summed E-state index contributed by atoms with van der Waals surface area (Å²) in [7, 11) is 0. The number of likely N-dealkylation sites (tertiary alicyclic amines) is 1. The highest BCUT2D eigenvalue weighted by Gasteiger charge is 2.36. The predicted octanol–water partition coefficient (Wildman–Crippen LogP) is 2.46. The molecule has 1 saturated heterocycles. The second-order valence-corrected chi connectivity index (χ2v) is 6.60. The van der Waals surface area contributed by atoms with Crippen LogP contribution in [0.1, 0.15) is 27.9 Å². The van der Waals surface area contributed by atoms with E-state index in [9.17, 15) is 4.79 Å². The molecule has 4 rings (SSSR count). The van der Waals surface area contributed by atoms with Gasteiger partial charge in [0.1, 0.15) is 22.9 Å². The summed E-state index contributed by atoms with van der Waals surface area (Å²) in [5, 5.41) is 0.593. The Hall–Kier alpha value is -2.31. The van der Waals surface area contributed by atoms with Gasteiger partial charge in [-0.2, -0.15) is 0 Å². The molecule has 0 saturated carbocycles. The SMILES string of the molecule is Cc1ccc([C@H]2CN(C(=O)c3cn4cc(Cl)ccc4n3)C[C@@H]2N)o1. The number of aromatic nitrogens is 2. The maximum atomic E-state index is 12.8. The van der Waals surface area contributed by atoms with Gasteiger partial charge < -0.3 is 19.5 Å². The average Bonchev–Trinajstić information content (AvgIpc) is 3.24. The van der Waals surface area contributed by atoms with Crippen molar-refractivity contribution in [3.05, 3.63) is 58.9 Å². The Balaban J connectivity index is 1.58. The number of hydrogen-bond acceptors (Lipinski definition) is 4. The Kier molecular flexibility index (Phi) is 3.58. The number of imidazole rings is 1. The van der Waals surface area contributed by atoms with E-state index in [-0.39, 0.29) is 17.9 Å². The molecule has 1 aliphatic heterocycles. The number of carbonyl (C=O) groups is 1. The molecule has 2 atom stereocenters. The zero-order chi connectivity index (χ0) is 16.8. The highest BCUT2D eigenvalue weighted by atomic mass is 35.5. The average molecular weight is 345 g/mol. The minimum atomic E-state index is -0.147. The summed E-state index contributed by atoms with van der Waals surface area (Å²) in [5.74, 6) is 1.56. The van der Waals surface area contributed by atoms with Crippen LogP contribution in [0.5, 0.6) is 0 Å². The highest BCUT2D eigenvalue weighted by molar-refractivity contribution is 6.30. The Labute approximate surface area is 143 Å². The summed E-state index contributed by atoms with van der Waals surface area (Å²) in [5.41, 5.74) is 7.30. The number of rotatable bonds is 2. The first-order valence-corrected chi connectivity index (χ1v) is 8.14. The van der Waals surface area contributed by atoms with E-state index >= 15 is 0 Å². The van der Waals surface area contributed by atoms with Gasteiger partial charge in [-0.3, -0.25) is 4.79 Å². The van der Waals surface area contributed by atoms with Crippen LogP contribution in [-0.4, -0.2) is 39.3 Å². The molecule has 24 heavy (non-hydrogen) atoms. The molecule has 0 aliphatic carbocycles. The normalized spacial score (nSPS) is 20.9. The molecule has 6 nitrogen and oxygen atoms in total. The molecule has 3 aromatic heterocycles. The lowest BCUT2D eigenvalue weighted by Crippen LogP contribution is -2.32. The molecule has 2 N–H and O–H groups in total. The smallest absolute Gasteiger partial charge is 0.274 e. The van der Waals surface area contributed by atoms with Crippen LogP contribution >= 0.6 is 11.6 Å². The maximum absolute atomic E-state index is 12.8. The summed E-state index contributed by atoms with van der Waals surface area (Å²) in [4.78, 5) is 18.9. The standard InChI is InChI=1S/C17H17ClN4O2/c1-10-2-4-15(24-10)12-7-22(8-13(12)19)17(23)14-9-21-6-11(18)3-5-16(21)20-14/h2-6,9,12-13H,7-8,19H2,1H3/t12-,13-/m0/s1. The van der Waals surface area contributed by atoms with E-state index in [1.165, 1.54) is 0 Å². The summed E-state index contributed by atoms with van der Waals surface area (Å²) >= 11 is 5.97. The number of aryl methyl sites for hydroxylation is 1. The van der Waals surface area contributed by atoms with Crippen molar-refractivity contribution in [2.45, 2.75) is 18.9 Å². The first-order chi connectivity index (χ1) is 11.5. The van der Waals surface area contributed by atoms with Gasteiger partial charge in [0.15, 0.2) is 0 Å². The second kappa shape index (κ2) is 5.65. The lowest BCUT2D eigenvalue weighted by Gasteiger charge is -2.14. The number of amides is 1. The maximum Gasteiger partial charge on any atom is 0.274 e. The van der Waals surface area contributed by atoms with E-state index in [0.29, 0.717) is 29.5 Å². The van der Waals surface area contributed by atoms with Crippen LogP contribution in [0, 0.1) is 6.92 Å². The fourth-order valence-electron chi connectivity index (χ4n) is 3.18. The van der Waals surface area contributed by atoms with Crippen molar-refractivity contribution in [2.75, 3.05) is 13.1 Å². The first kappa shape index (κ1) is 15.2. The largest absolute Gasteiger partial charge is 0.466 e. The van der Waals surface area contributed by atoms with Crippen LogP contribution in [0.25, 0.3) is 5.65 Å². The van der Waals surface area contributed by atoms with Crippen LogP contribution in [0.4, 0.5) is 0 Å². The number of halogens is 1. The van der Waals surface area contributed by atoms with Gasteiger partial charge in [0, 0.05) is 31.5 Å².